The fourth-order valence-electron chi connectivity index (χ4n) is 7.14. The molecule has 0 aliphatic carbocycles. The van der Waals surface area contributed by atoms with E-state index in [0.717, 1.165) is 40.7 Å². The summed E-state index contributed by atoms with van der Waals surface area (Å²) in [4.78, 5) is 37.7. The van der Waals surface area contributed by atoms with Crippen molar-refractivity contribution in [2.24, 2.45) is 5.92 Å². The summed E-state index contributed by atoms with van der Waals surface area (Å²) in [6, 6.07) is 3.53. The Labute approximate surface area is 275 Å². The van der Waals surface area contributed by atoms with Gasteiger partial charge in [0.05, 0.1) is 30.1 Å². The molecule has 3 aliphatic rings. The molecule has 252 valence electrons. The maximum Gasteiger partial charge on any atom is 0.246 e. The van der Waals surface area contributed by atoms with Crippen molar-refractivity contribution in [3.8, 4) is 0 Å². The molecule has 1 N–H and O–H groups in total. The van der Waals surface area contributed by atoms with E-state index in [0.29, 0.717) is 50.2 Å². The van der Waals surface area contributed by atoms with Crippen LogP contribution in [-0.2, 0) is 19.4 Å². The van der Waals surface area contributed by atoms with Gasteiger partial charge in [0.25, 0.3) is 0 Å². The van der Waals surface area contributed by atoms with Crippen LogP contribution in [0.5, 0.6) is 0 Å². The third-order valence-electron chi connectivity index (χ3n) is 9.30. The Morgan fingerprint density at radius 2 is 1.91 bits per heavy atom. The van der Waals surface area contributed by atoms with Crippen LogP contribution in [0.4, 0.5) is 27.8 Å². The van der Waals surface area contributed by atoms with Crippen LogP contribution in [0, 0.1) is 5.92 Å². The van der Waals surface area contributed by atoms with Gasteiger partial charge in [0.1, 0.15) is 33.5 Å². The van der Waals surface area contributed by atoms with Crippen molar-refractivity contribution < 1.29 is 22.3 Å². The summed E-state index contributed by atoms with van der Waals surface area (Å²) in [6.07, 6.45) is 6.70. The number of ether oxygens (including phenoxy) is 1. The molecule has 0 spiro atoms. The van der Waals surface area contributed by atoms with E-state index in [1.807, 2.05) is 15.9 Å². The van der Waals surface area contributed by atoms with Gasteiger partial charge in [0.15, 0.2) is 0 Å². The molecule has 14 heteroatoms. The van der Waals surface area contributed by atoms with E-state index in [4.69, 9.17) is 14.7 Å². The number of nitrogens with zero attached hydrogens (tertiary/aromatic N) is 7. The molecule has 12 nitrogen and oxygen atoms in total. The molecular formula is C33H43FN8O4S. The van der Waals surface area contributed by atoms with Gasteiger partial charge in [-0.2, -0.15) is 4.98 Å². The number of aromatic nitrogens is 4. The summed E-state index contributed by atoms with van der Waals surface area (Å²) < 4.78 is 43.8. The first-order valence-corrected chi connectivity index (χ1v) is 18.2. The first-order valence-electron chi connectivity index (χ1n) is 16.2. The molecule has 0 bridgehead atoms. The lowest BCUT2D eigenvalue weighted by atomic mass is 9.90. The zero-order valence-electron chi connectivity index (χ0n) is 27.4. The quantitative estimate of drug-likeness (QED) is 0.313. The maximum atomic E-state index is 14.6. The summed E-state index contributed by atoms with van der Waals surface area (Å²) in [5, 5.41) is 5.14. The van der Waals surface area contributed by atoms with Gasteiger partial charge in [-0.1, -0.05) is 20.4 Å². The van der Waals surface area contributed by atoms with Crippen LogP contribution in [0.2, 0.25) is 0 Å². The average molecular weight is 667 g/mol. The molecule has 3 fully saturated rings. The molecule has 1 amide bonds. The Kier molecular flexibility index (Phi) is 9.34. The maximum absolute atomic E-state index is 14.6. The lowest BCUT2D eigenvalue weighted by Crippen LogP contribution is -2.50. The Hall–Kier alpha value is -3.91. The number of hydrogen-bond acceptors (Lipinski definition) is 11. The van der Waals surface area contributed by atoms with Gasteiger partial charge >= 0.3 is 0 Å². The molecule has 3 aromatic rings. The number of alkyl halides is 1. The molecule has 47 heavy (non-hydrogen) atoms. The van der Waals surface area contributed by atoms with Crippen LogP contribution in [-0.4, -0.2) is 103 Å². The molecule has 3 atom stereocenters. The van der Waals surface area contributed by atoms with Crippen LogP contribution in [0.1, 0.15) is 56.3 Å². The Bertz CT molecular complexity index is 1770. The molecule has 3 aliphatic heterocycles. The van der Waals surface area contributed by atoms with Crippen molar-refractivity contribution in [3.05, 3.63) is 48.4 Å². The van der Waals surface area contributed by atoms with E-state index in [2.05, 4.69) is 40.6 Å². The molecule has 0 aromatic carbocycles. The first kappa shape index (κ1) is 33.0. The van der Waals surface area contributed by atoms with Gasteiger partial charge in [-0.15, -0.1) is 0 Å². The molecule has 0 radical (unpaired) electrons. The van der Waals surface area contributed by atoms with Gasteiger partial charge in [-0.05, 0) is 54.3 Å². The van der Waals surface area contributed by atoms with Crippen molar-refractivity contribution in [1.82, 2.24) is 24.8 Å². The van der Waals surface area contributed by atoms with E-state index >= 15 is 0 Å². The van der Waals surface area contributed by atoms with Crippen molar-refractivity contribution in [1.29, 1.82) is 0 Å². The van der Waals surface area contributed by atoms with Gasteiger partial charge in [0, 0.05) is 63.2 Å². The van der Waals surface area contributed by atoms with Gasteiger partial charge in [-0.3, -0.25) is 4.79 Å². The highest BCUT2D eigenvalue weighted by molar-refractivity contribution is 7.90. The third kappa shape index (κ3) is 6.89. The standard InChI is InChI=1S/C33H43FN8O4S/c1-6-29(43)42-12-7-8-25(42)31-30(20(2)3)22-14-28(36-15-23(22)32(39-31)41-16-21(17-41)19-47(5,44)45)37-27-9-11-35-33(38-27)40-13-10-26(46-4)24(34)18-40/h6,9,11,14-15,20-21,24-26H,1,7-8,10,12-13,16-19H2,2-5H3,(H,35,36,37,38)/t24-,25-,26+/m1/s1. The van der Waals surface area contributed by atoms with Crippen LogP contribution in [0.3, 0.4) is 0 Å². The number of carbonyl (C=O) groups is 1. The molecule has 3 aromatic heterocycles. The third-order valence-corrected chi connectivity index (χ3v) is 10.4. The van der Waals surface area contributed by atoms with Crippen molar-refractivity contribution in [3.63, 3.8) is 0 Å². The lowest BCUT2D eigenvalue weighted by molar-refractivity contribution is -0.127. The zero-order valence-corrected chi connectivity index (χ0v) is 28.2. The van der Waals surface area contributed by atoms with E-state index in [-0.39, 0.29) is 36.1 Å². The van der Waals surface area contributed by atoms with Gasteiger partial charge in [0.2, 0.25) is 11.9 Å². The highest BCUT2D eigenvalue weighted by atomic mass is 32.2. The minimum atomic E-state index is -3.10. The number of rotatable bonds is 10. The number of fused-ring (bicyclic) bond motifs is 1. The number of amides is 1. The smallest absolute Gasteiger partial charge is 0.246 e. The Morgan fingerprint density at radius 3 is 2.60 bits per heavy atom. The topological polar surface area (TPSA) is 134 Å². The molecule has 0 saturated carbocycles. The second-order valence-corrected chi connectivity index (χ2v) is 15.3. The molecule has 6 rings (SSSR count). The lowest BCUT2D eigenvalue weighted by Gasteiger charge is -2.41. The fourth-order valence-corrected chi connectivity index (χ4v) is 8.21. The minimum Gasteiger partial charge on any atom is -0.378 e. The number of pyridine rings is 2. The first-order chi connectivity index (χ1) is 22.5. The second kappa shape index (κ2) is 13.3. The minimum absolute atomic E-state index is 0.0224. The fraction of sp³-hybridized carbons (Fsp3) is 0.545. The molecule has 0 unspecified atom stereocenters. The summed E-state index contributed by atoms with van der Waals surface area (Å²) in [5.74, 6) is 2.37. The predicted molar refractivity (Wildman–Crippen MR) is 181 cm³/mol. The highest BCUT2D eigenvalue weighted by Gasteiger charge is 2.37. The van der Waals surface area contributed by atoms with Crippen LogP contribution < -0.4 is 15.1 Å². The average Bonchev–Trinajstić information content (AvgIpc) is 3.51. The number of piperidine rings is 1. The molecule has 3 saturated heterocycles. The van der Waals surface area contributed by atoms with Gasteiger partial charge < -0.3 is 24.8 Å². The van der Waals surface area contributed by atoms with Crippen molar-refractivity contribution in [2.45, 2.75) is 57.3 Å². The Morgan fingerprint density at radius 1 is 1.13 bits per heavy atom. The number of likely N-dealkylation sites (tertiary alicyclic amines) is 1. The predicted octanol–water partition coefficient (Wildman–Crippen LogP) is 4.18. The van der Waals surface area contributed by atoms with Crippen LogP contribution >= 0.6 is 0 Å². The van der Waals surface area contributed by atoms with Crippen molar-refractivity contribution in [2.75, 3.05) is 67.0 Å². The number of methoxy groups -OCH3 is 1. The van der Waals surface area contributed by atoms with E-state index in [9.17, 15) is 17.6 Å². The van der Waals surface area contributed by atoms with Crippen LogP contribution in [0.15, 0.2) is 37.2 Å². The summed E-state index contributed by atoms with van der Waals surface area (Å²) in [6.45, 7) is 10.5. The number of anilines is 4. The summed E-state index contributed by atoms with van der Waals surface area (Å²) in [5.41, 5.74) is 1.89. The highest BCUT2D eigenvalue weighted by Crippen LogP contribution is 2.43. The number of halogens is 1. The molecule has 6 heterocycles. The Balaban J connectivity index is 1.38. The SMILES string of the molecule is C=CC(=O)N1CCC[C@@H]1c1nc(N2CC(CS(C)(=O)=O)C2)c2cnc(Nc3ccnc(N4CC[C@H](OC)[C@H](F)C4)n3)cc2c1C(C)C. The number of carbonyl (C=O) groups excluding carboxylic acids is 1. The van der Waals surface area contributed by atoms with E-state index in [1.165, 1.54) is 19.4 Å². The monoisotopic (exact) mass is 666 g/mol. The zero-order chi connectivity index (χ0) is 33.5. The van der Waals surface area contributed by atoms with Gasteiger partial charge in [-0.25, -0.2) is 27.8 Å². The normalized spacial score (nSPS) is 22.2. The number of hydrogen-bond donors (Lipinski definition) is 1. The summed E-state index contributed by atoms with van der Waals surface area (Å²) >= 11 is 0. The van der Waals surface area contributed by atoms with Crippen molar-refractivity contribution >= 4 is 49.9 Å². The number of sulfone groups is 1. The summed E-state index contributed by atoms with van der Waals surface area (Å²) in [7, 11) is -1.57. The largest absolute Gasteiger partial charge is 0.378 e. The van der Waals surface area contributed by atoms with E-state index < -0.39 is 22.1 Å². The van der Waals surface area contributed by atoms with E-state index in [1.54, 1.807) is 18.5 Å². The van der Waals surface area contributed by atoms with Crippen LogP contribution in [0.25, 0.3) is 10.8 Å². The molecular weight excluding hydrogens is 623 g/mol. The second-order valence-electron chi connectivity index (χ2n) is 13.2. The number of nitrogens with one attached hydrogen (secondary N) is 1.